The number of allylic oxidation sites excluding steroid dienone is 1. The number of nitrogens with zero attached hydrogens (tertiary/aromatic N) is 3. The van der Waals surface area contributed by atoms with Crippen molar-refractivity contribution in [2.45, 2.75) is 52.0 Å². The predicted molar refractivity (Wildman–Crippen MR) is 164 cm³/mol. The summed E-state index contributed by atoms with van der Waals surface area (Å²) < 4.78 is 0. The fourth-order valence-corrected chi connectivity index (χ4v) is 7.77. The standard InChI is InChI=1S/C34H35ClN4O5/c1-33(2)12-11-22(26(14-33)20-3-6-23(35)7-4-20)15-37-16-34(17-37)18-38(19-34)30(42)21-5-8-24-25(13-21)32(44)39(31(24)43)27-9-10-28(40)36-29(27)41/h3-8,13,27H,9-12,14-19H2,1-2H3,(H,36,40,41). The zero-order chi connectivity index (χ0) is 31.0. The second-order valence-corrected chi connectivity index (χ2v) is 14.4. The van der Waals surface area contributed by atoms with Crippen molar-refractivity contribution in [3.8, 4) is 0 Å². The summed E-state index contributed by atoms with van der Waals surface area (Å²) in [6.45, 7) is 8.80. The Morgan fingerprint density at radius 3 is 2.34 bits per heavy atom. The molecule has 44 heavy (non-hydrogen) atoms. The second-order valence-electron chi connectivity index (χ2n) is 13.9. The maximum Gasteiger partial charge on any atom is 0.262 e. The molecule has 3 saturated heterocycles. The third kappa shape index (κ3) is 4.96. The highest BCUT2D eigenvalue weighted by Gasteiger charge is 2.53. The average molecular weight is 615 g/mol. The van der Waals surface area contributed by atoms with Crippen LogP contribution in [-0.4, -0.2) is 83.0 Å². The van der Waals surface area contributed by atoms with E-state index in [-0.39, 0.29) is 40.7 Å². The summed E-state index contributed by atoms with van der Waals surface area (Å²) in [5.74, 6) is -2.43. The van der Waals surface area contributed by atoms with Gasteiger partial charge in [-0.1, -0.05) is 43.2 Å². The normalized spacial score (nSPS) is 24.3. The Balaban J connectivity index is 0.985. The number of amides is 5. The highest BCUT2D eigenvalue weighted by molar-refractivity contribution is 6.30. The van der Waals surface area contributed by atoms with Gasteiger partial charge in [-0.3, -0.25) is 39.1 Å². The van der Waals surface area contributed by atoms with Crippen LogP contribution in [0.3, 0.4) is 0 Å². The summed E-state index contributed by atoms with van der Waals surface area (Å²) in [5, 5.41) is 2.94. The van der Waals surface area contributed by atoms with Crippen molar-refractivity contribution in [3.05, 3.63) is 75.3 Å². The Morgan fingerprint density at radius 1 is 0.932 bits per heavy atom. The molecular weight excluding hydrogens is 580 g/mol. The molecule has 3 fully saturated rings. The van der Waals surface area contributed by atoms with Crippen molar-refractivity contribution < 1.29 is 24.0 Å². The van der Waals surface area contributed by atoms with Crippen molar-refractivity contribution in [1.82, 2.24) is 20.0 Å². The molecule has 2 aromatic carbocycles. The fraction of sp³-hybridized carbons (Fsp3) is 0.441. The highest BCUT2D eigenvalue weighted by atomic mass is 35.5. The number of imide groups is 2. The van der Waals surface area contributed by atoms with E-state index in [4.69, 9.17) is 11.6 Å². The van der Waals surface area contributed by atoms with Crippen molar-refractivity contribution in [2.75, 3.05) is 32.7 Å². The van der Waals surface area contributed by atoms with Gasteiger partial charge in [0.2, 0.25) is 11.8 Å². The molecule has 1 N–H and O–H groups in total. The van der Waals surface area contributed by atoms with Crippen molar-refractivity contribution in [3.63, 3.8) is 0 Å². The Labute approximate surface area is 261 Å². The van der Waals surface area contributed by atoms with Gasteiger partial charge in [0.1, 0.15) is 6.04 Å². The van der Waals surface area contributed by atoms with Gasteiger partial charge in [0, 0.05) is 55.1 Å². The quantitative estimate of drug-likeness (QED) is 0.507. The molecule has 0 saturated carbocycles. The van der Waals surface area contributed by atoms with Crippen LogP contribution < -0.4 is 5.32 Å². The highest BCUT2D eigenvalue weighted by Crippen LogP contribution is 2.46. The van der Waals surface area contributed by atoms with Crippen LogP contribution in [0.5, 0.6) is 0 Å². The molecule has 1 unspecified atom stereocenters. The molecule has 9 nitrogen and oxygen atoms in total. The number of halogens is 1. The molecule has 228 valence electrons. The molecule has 5 aliphatic rings. The van der Waals surface area contributed by atoms with E-state index in [1.807, 2.05) is 12.1 Å². The number of carbonyl (C=O) groups is 5. The first-order valence-corrected chi connectivity index (χ1v) is 15.6. The molecular formula is C34H35ClN4O5. The third-order valence-electron chi connectivity index (χ3n) is 9.94. The van der Waals surface area contributed by atoms with Crippen LogP contribution >= 0.6 is 11.6 Å². The smallest absolute Gasteiger partial charge is 0.262 e. The maximum absolute atomic E-state index is 13.4. The van der Waals surface area contributed by atoms with Crippen LogP contribution in [0.25, 0.3) is 5.57 Å². The first-order chi connectivity index (χ1) is 20.9. The zero-order valence-electron chi connectivity index (χ0n) is 25.0. The number of likely N-dealkylation sites (tertiary alicyclic amines) is 2. The molecule has 0 bridgehead atoms. The van der Waals surface area contributed by atoms with Gasteiger partial charge in [-0.2, -0.15) is 0 Å². The summed E-state index contributed by atoms with van der Waals surface area (Å²) in [6.07, 6.45) is 3.44. The van der Waals surface area contributed by atoms with Crippen LogP contribution in [0.2, 0.25) is 5.02 Å². The minimum Gasteiger partial charge on any atom is -0.337 e. The van der Waals surface area contributed by atoms with Gasteiger partial charge in [0.15, 0.2) is 0 Å². The maximum atomic E-state index is 13.4. The van der Waals surface area contributed by atoms with Gasteiger partial charge in [0.05, 0.1) is 11.1 Å². The number of benzene rings is 2. The summed E-state index contributed by atoms with van der Waals surface area (Å²) in [6, 6.07) is 11.7. The number of hydrogen-bond acceptors (Lipinski definition) is 6. The molecule has 4 aliphatic heterocycles. The SMILES string of the molecule is CC1(C)CCC(CN2CC3(C2)CN(C(=O)c2ccc4c(c2)C(=O)N(C2CCC(=O)NC2=O)C4=O)C3)=C(c2ccc(Cl)cc2)C1. The number of carbonyl (C=O) groups excluding carboxylic acids is 5. The Hall–Kier alpha value is -3.82. The van der Waals surface area contributed by atoms with Crippen molar-refractivity contribution >= 4 is 46.7 Å². The average Bonchev–Trinajstić information content (AvgIpc) is 3.19. The lowest BCUT2D eigenvalue weighted by molar-refractivity contribution is -0.136. The number of fused-ring (bicyclic) bond motifs is 1. The summed E-state index contributed by atoms with van der Waals surface area (Å²) in [7, 11) is 0. The lowest BCUT2D eigenvalue weighted by Gasteiger charge is -2.60. The van der Waals surface area contributed by atoms with Crippen LogP contribution in [0.15, 0.2) is 48.0 Å². The predicted octanol–water partition coefficient (Wildman–Crippen LogP) is 4.16. The number of hydrogen-bond donors (Lipinski definition) is 1. The molecule has 10 heteroatoms. The molecule has 7 rings (SSSR count). The molecule has 0 aromatic heterocycles. The minimum atomic E-state index is -1.03. The van der Waals surface area contributed by atoms with E-state index < -0.39 is 29.7 Å². The van der Waals surface area contributed by atoms with Crippen LogP contribution in [0.4, 0.5) is 0 Å². The fourth-order valence-electron chi connectivity index (χ4n) is 7.64. The lowest BCUT2D eigenvalue weighted by atomic mass is 9.70. The number of nitrogens with one attached hydrogen (secondary N) is 1. The third-order valence-corrected chi connectivity index (χ3v) is 10.2. The summed E-state index contributed by atoms with van der Waals surface area (Å²) in [5.41, 5.74) is 5.19. The lowest BCUT2D eigenvalue weighted by Crippen LogP contribution is -2.72. The minimum absolute atomic E-state index is 0.0565. The molecule has 5 amide bonds. The Bertz CT molecular complexity index is 1650. The van der Waals surface area contributed by atoms with E-state index in [0.717, 1.165) is 42.4 Å². The van der Waals surface area contributed by atoms with Crippen LogP contribution in [0, 0.1) is 10.8 Å². The molecule has 1 aliphatic carbocycles. The van der Waals surface area contributed by atoms with Gasteiger partial charge in [-0.15, -0.1) is 0 Å². The molecule has 0 radical (unpaired) electrons. The first kappa shape index (κ1) is 28.9. The molecule has 2 aromatic rings. The van der Waals surface area contributed by atoms with E-state index in [2.05, 4.69) is 36.2 Å². The van der Waals surface area contributed by atoms with E-state index in [9.17, 15) is 24.0 Å². The van der Waals surface area contributed by atoms with E-state index in [1.54, 1.807) is 11.0 Å². The Morgan fingerprint density at radius 2 is 1.64 bits per heavy atom. The number of piperidine rings is 1. The molecule has 1 spiro atoms. The van der Waals surface area contributed by atoms with Gasteiger partial charge in [0.25, 0.3) is 17.7 Å². The monoisotopic (exact) mass is 614 g/mol. The first-order valence-electron chi connectivity index (χ1n) is 15.3. The van der Waals surface area contributed by atoms with Crippen LogP contribution in [0.1, 0.15) is 82.6 Å². The van der Waals surface area contributed by atoms with E-state index in [1.165, 1.54) is 35.3 Å². The topological polar surface area (TPSA) is 107 Å². The second kappa shape index (κ2) is 10.4. The molecule has 4 heterocycles. The van der Waals surface area contributed by atoms with Crippen molar-refractivity contribution in [1.29, 1.82) is 0 Å². The van der Waals surface area contributed by atoms with Gasteiger partial charge in [-0.05, 0) is 72.6 Å². The van der Waals surface area contributed by atoms with Crippen molar-refractivity contribution in [2.24, 2.45) is 10.8 Å². The Kier molecular flexibility index (Phi) is 6.82. The van der Waals surface area contributed by atoms with E-state index >= 15 is 0 Å². The van der Waals surface area contributed by atoms with Gasteiger partial charge in [-0.25, -0.2) is 0 Å². The van der Waals surface area contributed by atoms with Crippen LogP contribution in [-0.2, 0) is 9.59 Å². The zero-order valence-corrected chi connectivity index (χ0v) is 25.7. The number of rotatable bonds is 5. The van der Waals surface area contributed by atoms with E-state index in [0.29, 0.717) is 18.7 Å². The van der Waals surface area contributed by atoms with Gasteiger partial charge >= 0.3 is 0 Å². The molecule has 1 atom stereocenters. The summed E-state index contributed by atoms with van der Waals surface area (Å²) in [4.78, 5) is 68.7. The summed E-state index contributed by atoms with van der Waals surface area (Å²) >= 11 is 6.16. The van der Waals surface area contributed by atoms with Gasteiger partial charge < -0.3 is 4.90 Å². The largest absolute Gasteiger partial charge is 0.337 e.